The molecule has 0 aromatic heterocycles. The molecule has 0 fully saturated rings. The van der Waals surface area contributed by atoms with E-state index in [1.54, 1.807) is 49.9 Å². The van der Waals surface area contributed by atoms with Gasteiger partial charge in [-0.2, -0.15) is 0 Å². The van der Waals surface area contributed by atoms with Crippen LogP contribution in [-0.4, -0.2) is 46.1 Å². The van der Waals surface area contributed by atoms with Crippen LogP contribution in [0.4, 0.5) is 4.79 Å². The number of nitrogens with one attached hydrogen (secondary N) is 2. The third-order valence-electron chi connectivity index (χ3n) is 7.75. The number of phenols is 1. The largest absolute Gasteiger partial charge is 0.508 e. The van der Waals surface area contributed by atoms with Crippen molar-refractivity contribution in [2.45, 2.75) is 104 Å². The first-order chi connectivity index (χ1) is 22.0. The number of aryl methyl sites for hydroxylation is 1. The second-order valence-corrected chi connectivity index (χ2v) is 12.8. The molecular formula is C38H51N3O5. The Kier molecular flexibility index (Phi) is 14.1. The highest BCUT2D eigenvalue weighted by molar-refractivity contribution is 5.92. The van der Waals surface area contributed by atoms with Gasteiger partial charge in [0, 0.05) is 19.5 Å². The molecular weight excluding hydrogens is 578 g/mol. The number of hydrogen-bond acceptors (Lipinski definition) is 5. The Labute approximate surface area is 274 Å². The highest BCUT2D eigenvalue weighted by Gasteiger charge is 2.36. The fraction of sp³-hybridized carbons (Fsp3) is 0.447. The number of unbranched alkanes of at least 4 members (excludes halogenated alkanes) is 5. The summed E-state index contributed by atoms with van der Waals surface area (Å²) in [6.07, 6.45) is 5.51. The molecule has 2 unspecified atom stereocenters. The fourth-order valence-corrected chi connectivity index (χ4v) is 5.37. The van der Waals surface area contributed by atoms with E-state index in [4.69, 9.17) is 4.74 Å². The van der Waals surface area contributed by atoms with E-state index in [0.717, 1.165) is 54.4 Å². The minimum absolute atomic E-state index is 0.103. The Bertz CT molecular complexity index is 1390. The maximum absolute atomic E-state index is 14.7. The quantitative estimate of drug-likeness (QED) is 0.143. The summed E-state index contributed by atoms with van der Waals surface area (Å²) in [6, 6.07) is 21.9. The number of phenolic OH excluding ortho intramolecular Hbond substituents is 1. The van der Waals surface area contributed by atoms with Crippen molar-refractivity contribution in [2.24, 2.45) is 0 Å². The first-order valence-electron chi connectivity index (χ1n) is 16.4. The van der Waals surface area contributed by atoms with Gasteiger partial charge in [-0.3, -0.25) is 9.59 Å². The molecule has 0 saturated heterocycles. The Morgan fingerprint density at radius 1 is 0.826 bits per heavy atom. The summed E-state index contributed by atoms with van der Waals surface area (Å²) in [5, 5.41) is 15.7. The molecule has 0 aliphatic heterocycles. The number of alkyl carbamates (subject to hydrolysis) is 1. The topological polar surface area (TPSA) is 108 Å². The average Bonchev–Trinajstić information content (AvgIpc) is 3.01. The van der Waals surface area contributed by atoms with Crippen LogP contribution in [0.15, 0.2) is 78.9 Å². The molecule has 8 heteroatoms. The average molecular weight is 630 g/mol. The van der Waals surface area contributed by atoms with Gasteiger partial charge in [-0.15, -0.1) is 0 Å². The van der Waals surface area contributed by atoms with Gasteiger partial charge in [0.2, 0.25) is 11.8 Å². The molecule has 3 aromatic rings. The van der Waals surface area contributed by atoms with Crippen LogP contribution >= 0.6 is 0 Å². The van der Waals surface area contributed by atoms with Crippen molar-refractivity contribution in [3.8, 4) is 5.75 Å². The minimum Gasteiger partial charge on any atom is -0.508 e. The Hall–Kier alpha value is -4.33. The van der Waals surface area contributed by atoms with E-state index in [2.05, 4.69) is 17.6 Å². The lowest BCUT2D eigenvalue weighted by Crippen LogP contribution is -2.54. The monoisotopic (exact) mass is 629 g/mol. The van der Waals surface area contributed by atoms with Gasteiger partial charge in [-0.25, -0.2) is 4.79 Å². The zero-order valence-electron chi connectivity index (χ0n) is 28.1. The Morgan fingerprint density at radius 3 is 2.11 bits per heavy atom. The molecule has 0 heterocycles. The van der Waals surface area contributed by atoms with E-state index in [9.17, 15) is 19.5 Å². The number of carbonyl (C=O) groups is 3. The number of carbonyl (C=O) groups excluding carboxylic acids is 3. The van der Waals surface area contributed by atoms with Gasteiger partial charge >= 0.3 is 6.09 Å². The van der Waals surface area contributed by atoms with E-state index >= 15 is 0 Å². The molecule has 3 N–H and O–H groups in total. The zero-order valence-corrected chi connectivity index (χ0v) is 28.1. The van der Waals surface area contributed by atoms with Gasteiger partial charge < -0.3 is 25.4 Å². The van der Waals surface area contributed by atoms with Crippen molar-refractivity contribution in [3.05, 3.63) is 101 Å². The molecule has 8 nitrogen and oxygen atoms in total. The molecule has 2 atom stereocenters. The van der Waals surface area contributed by atoms with Gasteiger partial charge in [0.25, 0.3) is 0 Å². The van der Waals surface area contributed by atoms with Crippen molar-refractivity contribution in [1.82, 2.24) is 15.5 Å². The van der Waals surface area contributed by atoms with Crippen molar-refractivity contribution in [3.63, 3.8) is 0 Å². The Morgan fingerprint density at radius 2 is 1.46 bits per heavy atom. The maximum Gasteiger partial charge on any atom is 0.408 e. The molecule has 248 valence electrons. The normalized spacial score (nSPS) is 12.5. The van der Waals surface area contributed by atoms with Crippen LogP contribution in [0.5, 0.6) is 5.75 Å². The van der Waals surface area contributed by atoms with Gasteiger partial charge in [0.15, 0.2) is 0 Å². The van der Waals surface area contributed by atoms with Crippen LogP contribution in [0, 0.1) is 6.92 Å². The smallest absolute Gasteiger partial charge is 0.408 e. The summed E-state index contributed by atoms with van der Waals surface area (Å²) in [5.41, 5.74) is 2.54. The number of amides is 3. The summed E-state index contributed by atoms with van der Waals surface area (Å²) in [7, 11) is 0. The standard InChI is InChI=1S/C38H51N3O5/c1-6-7-8-9-10-16-25-41(34(32-20-15-14-17-28(32)2)35(43)39-27-30-18-12-11-13-19-30)36(44)33(40-37(45)46-38(3,4)5)26-29-21-23-31(42)24-22-29/h11-15,17-24,33-34,42H,6-10,16,25-27H2,1-5H3,(H,39,43)(H,40,45). The van der Waals surface area contributed by atoms with E-state index < -0.39 is 23.8 Å². The first kappa shape index (κ1) is 36.1. The lowest BCUT2D eigenvalue weighted by atomic mass is 9.96. The third kappa shape index (κ3) is 11.9. The second kappa shape index (κ2) is 18.0. The van der Waals surface area contributed by atoms with Gasteiger partial charge in [0.1, 0.15) is 23.4 Å². The van der Waals surface area contributed by atoms with Crippen LogP contribution in [0.25, 0.3) is 0 Å². The van der Waals surface area contributed by atoms with Crippen molar-refractivity contribution >= 4 is 17.9 Å². The fourth-order valence-electron chi connectivity index (χ4n) is 5.37. The van der Waals surface area contributed by atoms with Crippen molar-refractivity contribution in [2.75, 3.05) is 6.54 Å². The summed E-state index contributed by atoms with van der Waals surface area (Å²) in [5.74, 6) is -0.570. The Balaban J connectivity index is 2.02. The summed E-state index contributed by atoms with van der Waals surface area (Å²) >= 11 is 0. The molecule has 0 spiro atoms. The predicted molar refractivity (Wildman–Crippen MR) is 182 cm³/mol. The predicted octanol–water partition coefficient (Wildman–Crippen LogP) is 7.38. The number of ether oxygens (including phenoxy) is 1. The SMILES string of the molecule is CCCCCCCCN(C(=O)C(Cc1ccc(O)cc1)NC(=O)OC(C)(C)C)C(C(=O)NCc1ccccc1)c1ccccc1C. The molecule has 3 amide bonds. The first-order valence-corrected chi connectivity index (χ1v) is 16.4. The van der Waals surface area contributed by atoms with Gasteiger partial charge in [-0.1, -0.05) is 106 Å². The van der Waals surface area contributed by atoms with Gasteiger partial charge in [0.05, 0.1) is 0 Å². The molecule has 46 heavy (non-hydrogen) atoms. The highest BCUT2D eigenvalue weighted by atomic mass is 16.6. The molecule has 0 aliphatic rings. The lowest BCUT2D eigenvalue weighted by Gasteiger charge is -2.35. The van der Waals surface area contributed by atoms with E-state index in [1.165, 1.54) is 0 Å². The van der Waals surface area contributed by atoms with E-state index in [-0.39, 0.29) is 24.0 Å². The van der Waals surface area contributed by atoms with E-state index in [0.29, 0.717) is 19.5 Å². The number of benzene rings is 3. The number of rotatable bonds is 16. The molecule has 3 rings (SSSR count). The molecule has 0 saturated carbocycles. The van der Waals surface area contributed by atoms with Gasteiger partial charge in [-0.05, 0) is 68.5 Å². The van der Waals surface area contributed by atoms with E-state index in [1.807, 2.05) is 61.5 Å². The number of hydrogen-bond donors (Lipinski definition) is 3. The zero-order chi connectivity index (χ0) is 33.5. The second-order valence-electron chi connectivity index (χ2n) is 12.8. The summed E-state index contributed by atoms with van der Waals surface area (Å²) in [4.78, 5) is 43.6. The van der Waals surface area contributed by atoms with Crippen LogP contribution in [0.3, 0.4) is 0 Å². The lowest BCUT2D eigenvalue weighted by molar-refractivity contribution is -0.142. The minimum atomic E-state index is -1.02. The van der Waals surface area contributed by atoms with Crippen LogP contribution in [0.1, 0.15) is 94.5 Å². The van der Waals surface area contributed by atoms with Crippen LogP contribution in [-0.2, 0) is 27.3 Å². The molecule has 3 aromatic carbocycles. The third-order valence-corrected chi connectivity index (χ3v) is 7.75. The number of aromatic hydroxyl groups is 1. The maximum atomic E-state index is 14.7. The molecule has 0 aliphatic carbocycles. The molecule has 0 radical (unpaired) electrons. The molecule has 0 bridgehead atoms. The van der Waals surface area contributed by atoms with Crippen LogP contribution in [0.2, 0.25) is 0 Å². The summed E-state index contributed by atoms with van der Waals surface area (Å²) < 4.78 is 5.55. The number of nitrogens with zero attached hydrogens (tertiary/aromatic N) is 1. The van der Waals surface area contributed by atoms with Crippen molar-refractivity contribution in [1.29, 1.82) is 0 Å². The highest BCUT2D eigenvalue weighted by Crippen LogP contribution is 2.27. The van der Waals surface area contributed by atoms with Crippen molar-refractivity contribution < 1.29 is 24.2 Å². The van der Waals surface area contributed by atoms with Crippen LogP contribution < -0.4 is 10.6 Å². The summed E-state index contributed by atoms with van der Waals surface area (Å²) in [6.45, 7) is 10.1.